The molecule has 0 amide bonds. The highest BCUT2D eigenvalue weighted by atomic mass is 16.3. The van der Waals surface area contributed by atoms with Crippen LogP contribution >= 0.6 is 0 Å². The van der Waals surface area contributed by atoms with E-state index < -0.39 is 0 Å². The van der Waals surface area contributed by atoms with Crippen LogP contribution in [0.15, 0.2) is 30.6 Å². The number of rotatable bonds is 2. The maximum absolute atomic E-state index is 9.60. The van der Waals surface area contributed by atoms with Crippen molar-refractivity contribution in [1.82, 2.24) is 9.38 Å². The first kappa shape index (κ1) is 11.5. The number of anilines is 1. The average molecular weight is 245 g/mol. The molecule has 4 nitrogen and oxygen atoms in total. The molecule has 96 valence electrons. The quantitative estimate of drug-likeness (QED) is 0.880. The van der Waals surface area contributed by atoms with Gasteiger partial charge in [0.05, 0.1) is 12.6 Å². The average Bonchev–Trinajstić information content (AvgIpc) is 2.76. The molecular weight excluding hydrogens is 226 g/mol. The van der Waals surface area contributed by atoms with Crippen molar-refractivity contribution in [2.75, 3.05) is 18.1 Å². The standard InChI is InChI=1S/C14H19N3O/c18-11-12-5-2-1-3-9-16(12)14-7-4-6-13-15-8-10-17(13)14/h4,6-8,10,12,18H,1-3,5,9,11H2. The third-order valence-electron chi connectivity index (χ3n) is 3.79. The summed E-state index contributed by atoms with van der Waals surface area (Å²) in [5.74, 6) is 1.14. The van der Waals surface area contributed by atoms with Gasteiger partial charge < -0.3 is 10.0 Å². The van der Waals surface area contributed by atoms with Gasteiger partial charge in [0.15, 0.2) is 0 Å². The van der Waals surface area contributed by atoms with E-state index in [0.717, 1.165) is 24.4 Å². The third kappa shape index (κ3) is 1.97. The minimum atomic E-state index is 0.227. The van der Waals surface area contributed by atoms with Crippen LogP contribution in [-0.2, 0) is 0 Å². The molecule has 0 aliphatic carbocycles. The van der Waals surface area contributed by atoms with Gasteiger partial charge in [-0.2, -0.15) is 0 Å². The zero-order valence-electron chi connectivity index (χ0n) is 10.5. The number of nitrogens with zero attached hydrogens (tertiary/aromatic N) is 3. The highest BCUT2D eigenvalue weighted by Crippen LogP contribution is 2.24. The molecular formula is C14H19N3O. The molecule has 4 heteroatoms. The Morgan fingerprint density at radius 2 is 2.22 bits per heavy atom. The minimum absolute atomic E-state index is 0.227. The van der Waals surface area contributed by atoms with Crippen LogP contribution in [0.5, 0.6) is 0 Å². The van der Waals surface area contributed by atoms with Gasteiger partial charge in [0.2, 0.25) is 0 Å². The molecule has 1 aliphatic rings. The number of aliphatic hydroxyl groups excluding tert-OH is 1. The Labute approximate surface area is 107 Å². The van der Waals surface area contributed by atoms with Crippen LogP contribution < -0.4 is 4.90 Å². The summed E-state index contributed by atoms with van der Waals surface area (Å²) >= 11 is 0. The summed E-state index contributed by atoms with van der Waals surface area (Å²) in [6.07, 6.45) is 8.55. The smallest absolute Gasteiger partial charge is 0.138 e. The first-order chi connectivity index (χ1) is 8.90. The summed E-state index contributed by atoms with van der Waals surface area (Å²) in [6, 6.07) is 6.40. The van der Waals surface area contributed by atoms with E-state index in [0.29, 0.717) is 0 Å². The summed E-state index contributed by atoms with van der Waals surface area (Å²) < 4.78 is 2.11. The number of pyridine rings is 1. The molecule has 1 N–H and O–H groups in total. The van der Waals surface area contributed by atoms with E-state index in [1.165, 1.54) is 19.3 Å². The number of hydrogen-bond acceptors (Lipinski definition) is 3. The van der Waals surface area contributed by atoms with Crippen LogP contribution in [0.2, 0.25) is 0 Å². The third-order valence-corrected chi connectivity index (χ3v) is 3.79. The van der Waals surface area contributed by atoms with E-state index in [2.05, 4.69) is 20.4 Å². The molecule has 0 aromatic carbocycles. The molecule has 1 saturated heterocycles. The zero-order valence-corrected chi connectivity index (χ0v) is 10.5. The lowest BCUT2D eigenvalue weighted by Crippen LogP contribution is -2.38. The van der Waals surface area contributed by atoms with Crippen LogP contribution in [0.1, 0.15) is 25.7 Å². The van der Waals surface area contributed by atoms with Gasteiger partial charge >= 0.3 is 0 Å². The van der Waals surface area contributed by atoms with Crippen molar-refractivity contribution in [3.8, 4) is 0 Å². The zero-order chi connectivity index (χ0) is 12.4. The number of imidazole rings is 1. The Kier molecular flexibility index (Phi) is 3.19. The van der Waals surface area contributed by atoms with Crippen molar-refractivity contribution in [1.29, 1.82) is 0 Å². The number of fused-ring (bicyclic) bond motifs is 1. The molecule has 3 rings (SSSR count). The van der Waals surface area contributed by atoms with Crippen molar-refractivity contribution in [3.63, 3.8) is 0 Å². The fourth-order valence-electron chi connectivity index (χ4n) is 2.84. The van der Waals surface area contributed by atoms with E-state index in [1.807, 2.05) is 24.5 Å². The topological polar surface area (TPSA) is 40.8 Å². The van der Waals surface area contributed by atoms with Crippen molar-refractivity contribution >= 4 is 11.5 Å². The highest BCUT2D eigenvalue weighted by molar-refractivity contribution is 5.52. The summed E-state index contributed by atoms with van der Waals surface area (Å²) in [6.45, 7) is 1.24. The summed E-state index contributed by atoms with van der Waals surface area (Å²) in [7, 11) is 0. The monoisotopic (exact) mass is 245 g/mol. The lowest BCUT2D eigenvalue weighted by Gasteiger charge is -2.31. The molecule has 2 aromatic rings. The number of aliphatic hydroxyl groups is 1. The van der Waals surface area contributed by atoms with Gasteiger partial charge in [-0.1, -0.05) is 18.9 Å². The maximum Gasteiger partial charge on any atom is 0.138 e. The molecule has 3 heterocycles. The van der Waals surface area contributed by atoms with Gasteiger partial charge in [0.1, 0.15) is 11.5 Å². The van der Waals surface area contributed by atoms with Gasteiger partial charge in [-0.3, -0.25) is 4.40 Å². The van der Waals surface area contributed by atoms with Crippen molar-refractivity contribution in [3.05, 3.63) is 30.6 Å². The van der Waals surface area contributed by atoms with E-state index in [-0.39, 0.29) is 12.6 Å². The lowest BCUT2D eigenvalue weighted by atomic mass is 10.1. The van der Waals surface area contributed by atoms with Crippen molar-refractivity contribution < 1.29 is 5.11 Å². The molecule has 1 aliphatic heterocycles. The molecule has 1 fully saturated rings. The summed E-state index contributed by atoms with van der Waals surface area (Å²) in [4.78, 5) is 6.66. The van der Waals surface area contributed by atoms with E-state index >= 15 is 0 Å². The molecule has 18 heavy (non-hydrogen) atoms. The van der Waals surface area contributed by atoms with E-state index in [9.17, 15) is 5.11 Å². The van der Waals surface area contributed by atoms with E-state index in [4.69, 9.17) is 0 Å². The Balaban J connectivity index is 2.02. The fraction of sp³-hybridized carbons (Fsp3) is 0.500. The maximum atomic E-state index is 9.60. The van der Waals surface area contributed by atoms with Crippen LogP contribution in [-0.4, -0.2) is 33.7 Å². The van der Waals surface area contributed by atoms with Crippen LogP contribution in [0, 0.1) is 0 Å². The summed E-state index contributed by atoms with van der Waals surface area (Å²) in [5.41, 5.74) is 0.966. The Morgan fingerprint density at radius 1 is 1.28 bits per heavy atom. The first-order valence-corrected chi connectivity index (χ1v) is 6.70. The first-order valence-electron chi connectivity index (χ1n) is 6.70. The predicted octanol–water partition coefficient (Wildman–Crippen LogP) is 2.08. The molecule has 1 atom stereocenters. The molecule has 0 spiro atoms. The normalized spacial score (nSPS) is 21.2. The second-order valence-corrected chi connectivity index (χ2v) is 4.92. The molecule has 0 saturated carbocycles. The van der Waals surface area contributed by atoms with Gasteiger partial charge in [0.25, 0.3) is 0 Å². The lowest BCUT2D eigenvalue weighted by molar-refractivity contribution is 0.254. The Hall–Kier alpha value is -1.55. The highest BCUT2D eigenvalue weighted by Gasteiger charge is 2.22. The number of aromatic nitrogens is 2. The molecule has 0 bridgehead atoms. The minimum Gasteiger partial charge on any atom is -0.394 e. The van der Waals surface area contributed by atoms with Gasteiger partial charge in [0, 0.05) is 18.9 Å². The summed E-state index contributed by atoms with van der Waals surface area (Å²) in [5, 5.41) is 9.60. The second kappa shape index (κ2) is 4.98. The SMILES string of the molecule is OCC1CCCCCN1c1cccc2nccn12. The van der Waals surface area contributed by atoms with Crippen LogP contribution in [0.3, 0.4) is 0 Å². The Morgan fingerprint density at radius 3 is 3.11 bits per heavy atom. The predicted molar refractivity (Wildman–Crippen MR) is 71.9 cm³/mol. The van der Waals surface area contributed by atoms with Crippen molar-refractivity contribution in [2.24, 2.45) is 0 Å². The van der Waals surface area contributed by atoms with Gasteiger partial charge in [-0.25, -0.2) is 4.98 Å². The van der Waals surface area contributed by atoms with Crippen LogP contribution in [0.4, 0.5) is 5.82 Å². The Bertz CT molecular complexity index is 522. The second-order valence-electron chi connectivity index (χ2n) is 4.92. The molecule has 2 aromatic heterocycles. The fourth-order valence-corrected chi connectivity index (χ4v) is 2.84. The number of hydrogen-bond donors (Lipinski definition) is 1. The molecule has 1 unspecified atom stereocenters. The van der Waals surface area contributed by atoms with Gasteiger partial charge in [-0.15, -0.1) is 0 Å². The largest absolute Gasteiger partial charge is 0.394 e. The van der Waals surface area contributed by atoms with Gasteiger partial charge in [-0.05, 0) is 25.0 Å². The molecule has 0 radical (unpaired) electrons. The van der Waals surface area contributed by atoms with E-state index in [1.54, 1.807) is 0 Å². The van der Waals surface area contributed by atoms with Crippen LogP contribution in [0.25, 0.3) is 5.65 Å². The van der Waals surface area contributed by atoms with Crippen molar-refractivity contribution in [2.45, 2.75) is 31.7 Å².